The lowest BCUT2D eigenvalue weighted by Gasteiger charge is -2.10. The summed E-state index contributed by atoms with van der Waals surface area (Å²) in [5.41, 5.74) is 4.72. The smallest absolute Gasteiger partial charge is 0.0478 e. The first-order valence-electron chi connectivity index (χ1n) is 10.1. The van der Waals surface area contributed by atoms with Crippen LogP contribution in [0.3, 0.4) is 0 Å². The molecule has 0 atom stereocenters. The molecule has 0 amide bonds. The molecule has 0 fully saturated rings. The van der Waals surface area contributed by atoms with Gasteiger partial charge in [-0.3, -0.25) is 0 Å². The van der Waals surface area contributed by atoms with Gasteiger partial charge >= 0.3 is 0 Å². The second-order valence-corrected chi connectivity index (χ2v) is 8.62. The van der Waals surface area contributed by atoms with Gasteiger partial charge in [-0.15, -0.1) is 11.3 Å². The van der Waals surface area contributed by atoms with Gasteiger partial charge in [0.2, 0.25) is 0 Å². The molecular formula is C28H19NS. The Hall–Kier alpha value is -3.62. The summed E-state index contributed by atoms with van der Waals surface area (Å²) in [7, 11) is 0. The molecule has 0 bridgehead atoms. The van der Waals surface area contributed by atoms with Gasteiger partial charge in [0.15, 0.2) is 0 Å². The van der Waals surface area contributed by atoms with E-state index >= 15 is 0 Å². The first-order valence-corrected chi connectivity index (χ1v) is 10.9. The van der Waals surface area contributed by atoms with E-state index in [-0.39, 0.29) is 0 Å². The number of thiophene rings is 1. The molecule has 0 unspecified atom stereocenters. The summed E-state index contributed by atoms with van der Waals surface area (Å²) in [5.74, 6) is 0. The summed E-state index contributed by atoms with van der Waals surface area (Å²) in [4.78, 5) is 0. The van der Waals surface area contributed by atoms with Crippen LogP contribution in [-0.4, -0.2) is 0 Å². The molecule has 6 rings (SSSR count). The molecule has 142 valence electrons. The molecule has 30 heavy (non-hydrogen) atoms. The van der Waals surface area contributed by atoms with Crippen molar-refractivity contribution in [3.8, 4) is 11.1 Å². The average molecular weight is 402 g/mol. The number of rotatable bonds is 3. The van der Waals surface area contributed by atoms with Crippen LogP contribution in [-0.2, 0) is 0 Å². The Morgan fingerprint density at radius 2 is 1.27 bits per heavy atom. The summed E-state index contributed by atoms with van der Waals surface area (Å²) >= 11 is 1.85. The normalized spacial score (nSPS) is 11.3. The van der Waals surface area contributed by atoms with E-state index in [1.54, 1.807) is 0 Å². The van der Waals surface area contributed by atoms with Gasteiger partial charge in [-0.1, -0.05) is 72.8 Å². The number of benzene rings is 5. The fourth-order valence-electron chi connectivity index (χ4n) is 4.15. The van der Waals surface area contributed by atoms with E-state index < -0.39 is 0 Å². The lowest BCUT2D eigenvalue weighted by Crippen LogP contribution is -1.90. The Morgan fingerprint density at radius 3 is 2.17 bits per heavy atom. The molecule has 0 aliphatic carbocycles. The van der Waals surface area contributed by atoms with Crippen molar-refractivity contribution in [2.45, 2.75) is 0 Å². The number of hydrogen-bond donors (Lipinski definition) is 1. The van der Waals surface area contributed by atoms with E-state index in [4.69, 9.17) is 0 Å². The Morgan fingerprint density at radius 1 is 0.533 bits per heavy atom. The molecule has 0 radical (unpaired) electrons. The minimum Gasteiger partial charge on any atom is -0.355 e. The maximum absolute atomic E-state index is 3.64. The number of hydrogen-bond acceptors (Lipinski definition) is 2. The Balaban J connectivity index is 1.36. The maximum atomic E-state index is 3.64. The molecule has 1 nitrogen and oxygen atoms in total. The summed E-state index contributed by atoms with van der Waals surface area (Å²) in [5, 5.41) is 8.80. The van der Waals surface area contributed by atoms with Gasteiger partial charge in [-0.05, 0) is 58.3 Å². The van der Waals surface area contributed by atoms with Gasteiger partial charge in [0.1, 0.15) is 0 Å². The van der Waals surface area contributed by atoms with Crippen LogP contribution < -0.4 is 5.32 Å². The quantitative estimate of drug-likeness (QED) is 0.313. The lowest BCUT2D eigenvalue weighted by atomic mass is 10.0. The van der Waals surface area contributed by atoms with E-state index in [2.05, 4.69) is 115 Å². The van der Waals surface area contributed by atoms with Crippen molar-refractivity contribution in [1.82, 2.24) is 0 Å². The van der Waals surface area contributed by atoms with E-state index in [0.717, 1.165) is 11.4 Å². The molecule has 0 spiro atoms. The van der Waals surface area contributed by atoms with E-state index in [9.17, 15) is 0 Å². The third-order valence-electron chi connectivity index (χ3n) is 5.65. The van der Waals surface area contributed by atoms with Gasteiger partial charge < -0.3 is 5.32 Å². The van der Waals surface area contributed by atoms with Gasteiger partial charge in [0, 0.05) is 31.5 Å². The van der Waals surface area contributed by atoms with Crippen molar-refractivity contribution in [2.75, 3.05) is 5.32 Å². The highest BCUT2D eigenvalue weighted by molar-refractivity contribution is 7.25. The number of fused-ring (bicyclic) bond motifs is 4. The zero-order chi connectivity index (χ0) is 19.9. The SMILES string of the molecule is c1ccc2cc(-c3ccc(Nc4cccc5sc6ccccc6c45)cc3)ccc2c1. The minimum atomic E-state index is 1.10. The van der Waals surface area contributed by atoms with E-state index in [1.807, 2.05) is 11.3 Å². The highest BCUT2D eigenvalue weighted by atomic mass is 32.1. The van der Waals surface area contributed by atoms with Crippen molar-refractivity contribution in [3.63, 3.8) is 0 Å². The Bertz CT molecular complexity index is 1510. The van der Waals surface area contributed by atoms with Gasteiger partial charge in [-0.25, -0.2) is 0 Å². The predicted molar refractivity (Wildman–Crippen MR) is 132 cm³/mol. The minimum absolute atomic E-state index is 1.10. The number of nitrogens with one attached hydrogen (secondary N) is 1. The standard InChI is InChI=1S/C28H19NS/c1-2-7-21-18-22(13-12-19(21)6-1)20-14-16-23(17-15-20)29-25-9-5-11-27-28(25)24-8-3-4-10-26(24)30-27/h1-18,29H. The maximum Gasteiger partial charge on any atom is 0.0478 e. The first-order chi connectivity index (χ1) is 14.8. The van der Waals surface area contributed by atoms with E-state index in [0.29, 0.717) is 0 Å². The molecule has 6 aromatic rings. The Labute approximate surface area is 179 Å². The fourth-order valence-corrected chi connectivity index (χ4v) is 5.28. The van der Waals surface area contributed by atoms with Crippen LogP contribution in [0.15, 0.2) is 109 Å². The third-order valence-corrected chi connectivity index (χ3v) is 6.79. The van der Waals surface area contributed by atoms with Crippen LogP contribution >= 0.6 is 11.3 Å². The molecule has 1 aromatic heterocycles. The van der Waals surface area contributed by atoms with Crippen LogP contribution in [0.25, 0.3) is 42.1 Å². The Kier molecular flexibility index (Phi) is 4.03. The van der Waals surface area contributed by atoms with Crippen LogP contribution in [0.5, 0.6) is 0 Å². The summed E-state index contributed by atoms with van der Waals surface area (Å²) in [6, 6.07) is 39.0. The molecule has 0 aliphatic rings. The van der Waals surface area contributed by atoms with Crippen molar-refractivity contribution >= 4 is 53.7 Å². The fraction of sp³-hybridized carbons (Fsp3) is 0. The van der Waals surface area contributed by atoms with Crippen LogP contribution in [0.1, 0.15) is 0 Å². The summed E-state index contributed by atoms with van der Waals surface area (Å²) < 4.78 is 2.64. The zero-order valence-corrected chi connectivity index (χ0v) is 17.1. The van der Waals surface area contributed by atoms with Crippen LogP contribution in [0, 0.1) is 0 Å². The third kappa shape index (κ3) is 2.94. The van der Waals surface area contributed by atoms with Crippen molar-refractivity contribution in [3.05, 3.63) is 109 Å². The van der Waals surface area contributed by atoms with Gasteiger partial charge in [0.25, 0.3) is 0 Å². The molecule has 0 aliphatic heterocycles. The highest BCUT2D eigenvalue weighted by Gasteiger charge is 2.09. The van der Waals surface area contributed by atoms with Crippen molar-refractivity contribution < 1.29 is 0 Å². The molecule has 2 heteroatoms. The summed E-state index contributed by atoms with van der Waals surface area (Å²) in [6.07, 6.45) is 0. The predicted octanol–water partition coefficient (Wildman–Crippen LogP) is 8.62. The molecule has 0 saturated heterocycles. The lowest BCUT2D eigenvalue weighted by molar-refractivity contribution is 1.57. The second kappa shape index (κ2) is 7.01. The molecule has 1 N–H and O–H groups in total. The van der Waals surface area contributed by atoms with E-state index in [1.165, 1.54) is 42.1 Å². The average Bonchev–Trinajstić information content (AvgIpc) is 3.19. The van der Waals surface area contributed by atoms with Crippen LogP contribution in [0.2, 0.25) is 0 Å². The molecular weight excluding hydrogens is 382 g/mol. The molecule has 1 heterocycles. The topological polar surface area (TPSA) is 12.0 Å². The van der Waals surface area contributed by atoms with Gasteiger partial charge in [0.05, 0.1) is 0 Å². The molecule has 0 saturated carbocycles. The van der Waals surface area contributed by atoms with Gasteiger partial charge in [-0.2, -0.15) is 0 Å². The monoisotopic (exact) mass is 401 g/mol. The van der Waals surface area contributed by atoms with Crippen molar-refractivity contribution in [2.24, 2.45) is 0 Å². The second-order valence-electron chi connectivity index (χ2n) is 7.54. The molecule has 5 aromatic carbocycles. The highest BCUT2D eigenvalue weighted by Crippen LogP contribution is 2.39. The zero-order valence-electron chi connectivity index (χ0n) is 16.3. The van der Waals surface area contributed by atoms with Crippen molar-refractivity contribution in [1.29, 1.82) is 0 Å². The number of anilines is 2. The first kappa shape index (κ1) is 17.3. The summed E-state index contributed by atoms with van der Waals surface area (Å²) in [6.45, 7) is 0. The van der Waals surface area contributed by atoms with Crippen LogP contribution in [0.4, 0.5) is 11.4 Å². The largest absolute Gasteiger partial charge is 0.355 e.